The summed E-state index contributed by atoms with van der Waals surface area (Å²) in [7, 11) is -3.73. The molecule has 0 aromatic heterocycles. The summed E-state index contributed by atoms with van der Waals surface area (Å²) in [6, 6.07) is 12.8. The van der Waals surface area contributed by atoms with Crippen LogP contribution in [0.5, 0.6) is 0 Å². The van der Waals surface area contributed by atoms with Gasteiger partial charge >= 0.3 is 0 Å². The zero-order valence-electron chi connectivity index (χ0n) is 15.7. The van der Waals surface area contributed by atoms with Gasteiger partial charge in [-0.2, -0.15) is 0 Å². The fraction of sp³-hybridized carbons (Fsp3) is 0.381. The predicted molar refractivity (Wildman–Crippen MR) is 112 cm³/mol. The summed E-state index contributed by atoms with van der Waals surface area (Å²) in [6.07, 6.45) is 7.79. The highest BCUT2D eigenvalue weighted by molar-refractivity contribution is 7.92. The summed E-state index contributed by atoms with van der Waals surface area (Å²) in [5.41, 5.74) is 0.577. The average molecular weight is 421 g/mol. The molecule has 2 aromatic carbocycles. The number of hydrogen-bond acceptors (Lipinski definition) is 3. The van der Waals surface area contributed by atoms with Crippen molar-refractivity contribution in [3.63, 3.8) is 0 Å². The second kappa shape index (κ2) is 9.43. The van der Waals surface area contributed by atoms with Gasteiger partial charge in [0.25, 0.3) is 15.9 Å². The van der Waals surface area contributed by atoms with Crippen LogP contribution in [0, 0.1) is 0 Å². The number of nitrogens with one attached hydrogen (secondary N) is 2. The van der Waals surface area contributed by atoms with Crippen LogP contribution >= 0.6 is 11.6 Å². The molecule has 1 amide bonds. The molecule has 1 saturated carbocycles. The normalized spacial score (nSPS) is 16.0. The molecular weight excluding hydrogens is 396 g/mol. The average Bonchev–Trinajstić information content (AvgIpc) is 2.66. The minimum absolute atomic E-state index is 0.133. The summed E-state index contributed by atoms with van der Waals surface area (Å²) < 4.78 is 27.5. The molecule has 5 nitrogen and oxygen atoms in total. The van der Waals surface area contributed by atoms with Gasteiger partial charge in [0.15, 0.2) is 0 Å². The third-order valence-corrected chi connectivity index (χ3v) is 6.68. The Kier molecular flexibility index (Phi) is 6.97. The Morgan fingerprint density at radius 1 is 0.929 bits per heavy atom. The Labute approximate surface area is 171 Å². The van der Waals surface area contributed by atoms with Crippen molar-refractivity contribution in [2.24, 2.45) is 0 Å². The molecule has 0 atom stereocenters. The highest BCUT2D eigenvalue weighted by Gasteiger charge is 2.19. The smallest absolute Gasteiger partial charge is 0.261 e. The molecule has 0 unspecified atom stereocenters. The van der Waals surface area contributed by atoms with Gasteiger partial charge in [-0.05, 0) is 43.2 Å². The Bertz CT molecular complexity index is 909. The van der Waals surface area contributed by atoms with E-state index >= 15 is 0 Å². The highest BCUT2D eigenvalue weighted by atomic mass is 35.5. The largest absolute Gasteiger partial charge is 0.349 e. The summed E-state index contributed by atoms with van der Waals surface area (Å²) in [6.45, 7) is 0. The van der Waals surface area contributed by atoms with E-state index in [4.69, 9.17) is 11.6 Å². The van der Waals surface area contributed by atoms with Crippen molar-refractivity contribution in [2.45, 2.75) is 55.9 Å². The number of rotatable bonds is 5. The van der Waals surface area contributed by atoms with Gasteiger partial charge in [-0.15, -0.1) is 0 Å². The van der Waals surface area contributed by atoms with E-state index in [1.807, 2.05) is 0 Å². The SMILES string of the molecule is O=C(NC1CCCCCCC1)c1cc(NS(=O)(=O)c2ccccc2)ccc1Cl. The molecule has 0 heterocycles. The van der Waals surface area contributed by atoms with E-state index in [9.17, 15) is 13.2 Å². The molecule has 0 aliphatic heterocycles. The van der Waals surface area contributed by atoms with Gasteiger partial charge in [0.05, 0.1) is 15.5 Å². The first-order valence-corrected chi connectivity index (χ1v) is 11.5. The van der Waals surface area contributed by atoms with Gasteiger partial charge in [-0.3, -0.25) is 9.52 Å². The van der Waals surface area contributed by atoms with Crippen LogP contribution in [-0.4, -0.2) is 20.4 Å². The van der Waals surface area contributed by atoms with Gasteiger partial charge in [-0.1, -0.05) is 61.9 Å². The summed E-state index contributed by atoms with van der Waals surface area (Å²) in [5, 5.41) is 3.36. The summed E-state index contributed by atoms with van der Waals surface area (Å²) >= 11 is 6.22. The minimum atomic E-state index is -3.73. The molecule has 0 radical (unpaired) electrons. The fourth-order valence-corrected chi connectivity index (χ4v) is 4.71. The molecule has 0 spiro atoms. The number of benzene rings is 2. The Morgan fingerprint density at radius 3 is 2.25 bits per heavy atom. The van der Waals surface area contributed by atoms with Gasteiger partial charge in [0.2, 0.25) is 0 Å². The lowest BCUT2D eigenvalue weighted by Gasteiger charge is -2.21. The molecule has 1 fully saturated rings. The Balaban J connectivity index is 1.74. The first kappa shape index (κ1) is 20.7. The molecule has 0 bridgehead atoms. The van der Waals surface area contributed by atoms with E-state index in [1.54, 1.807) is 24.3 Å². The lowest BCUT2D eigenvalue weighted by atomic mass is 9.96. The molecule has 1 aliphatic rings. The predicted octanol–water partition coefficient (Wildman–Crippen LogP) is 4.98. The lowest BCUT2D eigenvalue weighted by Crippen LogP contribution is -2.35. The third kappa shape index (κ3) is 5.49. The van der Waals surface area contributed by atoms with Crippen LogP contribution in [0.2, 0.25) is 5.02 Å². The third-order valence-electron chi connectivity index (χ3n) is 4.96. The van der Waals surface area contributed by atoms with Crippen molar-refractivity contribution in [1.29, 1.82) is 0 Å². The lowest BCUT2D eigenvalue weighted by molar-refractivity contribution is 0.0930. The van der Waals surface area contributed by atoms with Crippen LogP contribution in [0.1, 0.15) is 55.3 Å². The number of sulfonamides is 1. The van der Waals surface area contributed by atoms with Gasteiger partial charge in [-0.25, -0.2) is 8.42 Å². The molecule has 2 N–H and O–H groups in total. The number of carbonyl (C=O) groups is 1. The molecule has 1 aliphatic carbocycles. The number of halogens is 1. The first-order chi connectivity index (χ1) is 13.5. The van der Waals surface area contributed by atoms with Crippen molar-refractivity contribution in [1.82, 2.24) is 5.32 Å². The highest BCUT2D eigenvalue weighted by Crippen LogP contribution is 2.24. The van der Waals surface area contributed by atoms with Crippen molar-refractivity contribution < 1.29 is 13.2 Å². The van der Waals surface area contributed by atoms with Gasteiger partial charge in [0, 0.05) is 11.7 Å². The number of anilines is 1. The molecule has 0 saturated heterocycles. The van der Waals surface area contributed by atoms with Crippen molar-refractivity contribution in [2.75, 3.05) is 4.72 Å². The second-order valence-electron chi connectivity index (χ2n) is 7.13. The maximum Gasteiger partial charge on any atom is 0.261 e. The van der Waals surface area contributed by atoms with E-state index in [0.717, 1.165) is 25.7 Å². The van der Waals surface area contributed by atoms with Crippen LogP contribution in [0.3, 0.4) is 0 Å². The maximum absolute atomic E-state index is 12.7. The zero-order chi connectivity index (χ0) is 20.0. The number of carbonyl (C=O) groups excluding carboxylic acids is 1. The molecule has 28 heavy (non-hydrogen) atoms. The van der Waals surface area contributed by atoms with E-state index in [2.05, 4.69) is 10.0 Å². The van der Waals surface area contributed by atoms with Crippen LogP contribution in [0.15, 0.2) is 53.4 Å². The molecule has 2 aromatic rings. The summed E-state index contributed by atoms with van der Waals surface area (Å²) in [5.74, 6) is -0.267. The Hall–Kier alpha value is -2.05. The monoisotopic (exact) mass is 420 g/mol. The van der Waals surface area contributed by atoms with Gasteiger partial charge in [0.1, 0.15) is 0 Å². The zero-order valence-corrected chi connectivity index (χ0v) is 17.2. The van der Waals surface area contributed by atoms with Crippen LogP contribution in [0.4, 0.5) is 5.69 Å². The molecule has 3 rings (SSSR count). The van der Waals surface area contributed by atoms with Crippen LogP contribution in [0.25, 0.3) is 0 Å². The van der Waals surface area contributed by atoms with E-state index in [-0.39, 0.29) is 22.4 Å². The van der Waals surface area contributed by atoms with Crippen LogP contribution in [-0.2, 0) is 10.0 Å². The maximum atomic E-state index is 12.7. The second-order valence-corrected chi connectivity index (χ2v) is 9.22. The number of hydrogen-bond donors (Lipinski definition) is 2. The van der Waals surface area contributed by atoms with E-state index in [1.165, 1.54) is 43.5 Å². The first-order valence-electron chi connectivity index (χ1n) is 9.64. The van der Waals surface area contributed by atoms with Crippen molar-refractivity contribution in [3.8, 4) is 0 Å². The van der Waals surface area contributed by atoms with Crippen molar-refractivity contribution in [3.05, 3.63) is 59.1 Å². The fourth-order valence-electron chi connectivity index (χ4n) is 3.44. The molecule has 7 heteroatoms. The number of amides is 1. The van der Waals surface area contributed by atoms with Crippen LogP contribution < -0.4 is 10.0 Å². The Morgan fingerprint density at radius 2 is 1.57 bits per heavy atom. The minimum Gasteiger partial charge on any atom is -0.349 e. The van der Waals surface area contributed by atoms with E-state index in [0.29, 0.717) is 10.7 Å². The standard InChI is InChI=1S/C21H25ClN2O3S/c22-20-14-13-17(24-28(26,27)18-11-7-4-8-12-18)15-19(20)21(25)23-16-9-5-2-1-3-6-10-16/h4,7-8,11-16,24H,1-3,5-6,9-10H2,(H,23,25). The molecular formula is C21H25ClN2O3S. The quantitative estimate of drug-likeness (QED) is 0.715. The topological polar surface area (TPSA) is 75.3 Å². The summed E-state index contributed by atoms with van der Waals surface area (Å²) in [4.78, 5) is 12.9. The van der Waals surface area contributed by atoms with Gasteiger partial charge < -0.3 is 5.32 Å². The van der Waals surface area contributed by atoms with E-state index < -0.39 is 10.0 Å². The van der Waals surface area contributed by atoms with Crippen molar-refractivity contribution >= 4 is 33.2 Å². The molecule has 150 valence electrons.